The van der Waals surface area contributed by atoms with Crippen molar-refractivity contribution in [1.82, 2.24) is 24.8 Å². The van der Waals surface area contributed by atoms with Crippen LogP contribution in [0, 0.1) is 17.8 Å². The van der Waals surface area contributed by atoms with Crippen LogP contribution < -0.4 is 0 Å². The fraction of sp³-hybridized carbons (Fsp3) is 0.722. The van der Waals surface area contributed by atoms with E-state index in [9.17, 15) is 5.11 Å². The number of rotatable bonds is 5. The Morgan fingerprint density at radius 1 is 1.28 bits per heavy atom. The summed E-state index contributed by atoms with van der Waals surface area (Å²) < 4.78 is 7.27. The van der Waals surface area contributed by atoms with Crippen molar-refractivity contribution in [3.05, 3.63) is 30.2 Å². The highest BCUT2D eigenvalue weighted by atomic mass is 16.5. The Morgan fingerprint density at radius 2 is 2.08 bits per heavy atom. The number of nitrogens with zero attached hydrogens (tertiary/aromatic N) is 5. The Balaban J connectivity index is 1.37. The molecule has 2 aromatic heterocycles. The molecule has 7 heteroatoms. The van der Waals surface area contributed by atoms with Gasteiger partial charge in [-0.3, -0.25) is 9.58 Å². The molecule has 0 spiro atoms. The smallest absolute Gasteiger partial charge is 0.226 e. The second-order valence-corrected chi connectivity index (χ2v) is 8.01. The van der Waals surface area contributed by atoms with Gasteiger partial charge in [0.25, 0.3) is 0 Å². The molecule has 0 aromatic carbocycles. The fourth-order valence-corrected chi connectivity index (χ4v) is 4.38. The highest BCUT2D eigenvalue weighted by Crippen LogP contribution is 2.41. The average Bonchev–Trinajstić information content (AvgIpc) is 3.27. The number of aliphatic hydroxyl groups excluding tert-OH is 1. The molecular weight excluding hydrogens is 318 g/mol. The predicted octanol–water partition coefficient (Wildman–Crippen LogP) is 1.91. The third-order valence-electron chi connectivity index (χ3n) is 5.51. The number of aliphatic hydroxyl groups is 1. The lowest BCUT2D eigenvalue weighted by Gasteiger charge is -2.35. The summed E-state index contributed by atoms with van der Waals surface area (Å²) in [6.07, 6.45) is 6.08. The van der Waals surface area contributed by atoms with Crippen LogP contribution in [-0.4, -0.2) is 49.1 Å². The lowest BCUT2D eigenvalue weighted by atomic mass is 9.77. The van der Waals surface area contributed by atoms with Crippen LogP contribution in [0.15, 0.2) is 23.0 Å². The second-order valence-electron chi connectivity index (χ2n) is 8.01. The molecule has 0 bridgehead atoms. The molecule has 3 heterocycles. The van der Waals surface area contributed by atoms with Crippen LogP contribution in [0.25, 0.3) is 0 Å². The van der Waals surface area contributed by atoms with E-state index >= 15 is 0 Å². The van der Waals surface area contributed by atoms with Crippen LogP contribution in [-0.2, 0) is 13.0 Å². The Kier molecular flexibility index (Phi) is 4.60. The van der Waals surface area contributed by atoms with Gasteiger partial charge in [0.2, 0.25) is 5.89 Å². The Hall–Kier alpha value is -1.73. The van der Waals surface area contributed by atoms with Gasteiger partial charge in [0, 0.05) is 31.9 Å². The van der Waals surface area contributed by atoms with E-state index in [4.69, 9.17) is 4.52 Å². The predicted molar refractivity (Wildman–Crippen MR) is 91.6 cm³/mol. The van der Waals surface area contributed by atoms with Gasteiger partial charge in [0.1, 0.15) is 0 Å². The van der Waals surface area contributed by atoms with Gasteiger partial charge in [0.05, 0.1) is 18.7 Å². The summed E-state index contributed by atoms with van der Waals surface area (Å²) in [6.45, 7) is 7.06. The summed E-state index contributed by atoms with van der Waals surface area (Å²) in [4.78, 5) is 6.92. The summed E-state index contributed by atoms with van der Waals surface area (Å²) in [5.74, 6) is 3.17. The Labute approximate surface area is 148 Å². The van der Waals surface area contributed by atoms with Crippen molar-refractivity contribution in [3.63, 3.8) is 0 Å². The van der Waals surface area contributed by atoms with E-state index in [0.717, 1.165) is 50.6 Å². The summed E-state index contributed by atoms with van der Waals surface area (Å²) >= 11 is 0. The molecule has 1 saturated heterocycles. The molecular formula is C18H27N5O2. The van der Waals surface area contributed by atoms with Crippen LogP contribution >= 0.6 is 0 Å². The van der Waals surface area contributed by atoms with Gasteiger partial charge in [-0.1, -0.05) is 19.0 Å². The number of hydrogen-bond donors (Lipinski definition) is 1. The largest absolute Gasteiger partial charge is 0.391 e. The first-order valence-electron chi connectivity index (χ1n) is 9.29. The molecule has 25 heavy (non-hydrogen) atoms. The third-order valence-corrected chi connectivity index (χ3v) is 5.51. The number of fused-ring (bicyclic) bond motifs is 1. The zero-order chi connectivity index (χ0) is 17.4. The van der Waals surface area contributed by atoms with E-state index in [1.165, 1.54) is 0 Å². The molecule has 1 N–H and O–H groups in total. The molecule has 136 valence electrons. The van der Waals surface area contributed by atoms with E-state index in [-0.39, 0.29) is 12.1 Å². The topological polar surface area (TPSA) is 80.2 Å². The first-order chi connectivity index (χ1) is 12.1. The van der Waals surface area contributed by atoms with Gasteiger partial charge < -0.3 is 9.63 Å². The van der Waals surface area contributed by atoms with Gasteiger partial charge in [-0.2, -0.15) is 10.1 Å². The molecule has 0 amide bonds. The minimum atomic E-state index is -0.316. The molecule has 1 aliphatic heterocycles. The van der Waals surface area contributed by atoms with Crippen LogP contribution in [0.1, 0.15) is 44.4 Å². The van der Waals surface area contributed by atoms with Crippen molar-refractivity contribution in [2.24, 2.45) is 17.8 Å². The molecule has 0 unspecified atom stereocenters. The van der Waals surface area contributed by atoms with Crippen molar-refractivity contribution in [2.75, 3.05) is 13.1 Å². The molecule has 0 radical (unpaired) electrons. The van der Waals surface area contributed by atoms with Crippen LogP contribution in [0.4, 0.5) is 0 Å². The molecule has 2 aliphatic rings. The van der Waals surface area contributed by atoms with E-state index in [2.05, 4.69) is 34.0 Å². The average molecular weight is 345 g/mol. The fourth-order valence-electron chi connectivity index (χ4n) is 4.38. The Morgan fingerprint density at radius 3 is 2.80 bits per heavy atom. The quantitative estimate of drug-likeness (QED) is 0.892. The summed E-state index contributed by atoms with van der Waals surface area (Å²) in [5, 5.41) is 19.0. The lowest BCUT2D eigenvalue weighted by molar-refractivity contribution is 0.0306. The van der Waals surface area contributed by atoms with Gasteiger partial charge in [-0.25, -0.2) is 0 Å². The van der Waals surface area contributed by atoms with Gasteiger partial charge in [-0.15, -0.1) is 0 Å². The standard InChI is InChI=1S/C18H27N5O2/c1-12(2)6-18-20-17(21-25-18)11-22-9-13-7-15(23-5-3-4-19-23)16(24)8-14(13)10-22/h3-5,12-16,24H,6-11H2,1-2H3/t13-,14+,15-,16-/m1/s1. The maximum atomic E-state index is 10.5. The minimum absolute atomic E-state index is 0.0963. The van der Waals surface area contributed by atoms with E-state index < -0.39 is 0 Å². The van der Waals surface area contributed by atoms with E-state index in [1.54, 1.807) is 6.20 Å². The zero-order valence-corrected chi connectivity index (χ0v) is 15.0. The minimum Gasteiger partial charge on any atom is -0.391 e. The third kappa shape index (κ3) is 3.62. The second kappa shape index (κ2) is 6.88. The molecule has 4 rings (SSSR count). The number of hydrogen-bond acceptors (Lipinski definition) is 6. The van der Waals surface area contributed by atoms with Crippen LogP contribution in [0.3, 0.4) is 0 Å². The normalized spacial score (nSPS) is 30.1. The van der Waals surface area contributed by atoms with Crippen molar-refractivity contribution in [2.45, 2.75) is 51.8 Å². The number of aromatic nitrogens is 4. The number of likely N-dealkylation sites (tertiary alicyclic amines) is 1. The zero-order valence-electron chi connectivity index (χ0n) is 15.0. The molecule has 4 atom stereocenters. The van der Waals surface area contributed by atoms with Crippen LogP contribution in [0.5, 0.6) is 0 Å². The summed E-state index contributed by atoms with van der Waals surface area (Å²) in [5.41, 5.74) is 0. The molecule has 7 nitrogen and oxygen atoms in total. The first kappa shape index (κ1) is 16.7. The maximum absolute atomic E-state index is 10.5. The first-order valence-corrected chi connectivity index (χ1v) is 9.29. The summed E-state index contributed by atoms with van der Waals surface area (Å²) in [6, 6.07) is 2.02. The SMILES string of the molecule is CC(C)Cc1nc(CN2C[C@H]3C[C@@H](n4cccn4)[C@H](O)C[C@H]3C2)no1. The van der Waals surface area contributed by atoms with Crippen molar-refractivity contribution in [3.8, 4) is 0 Å². The highest BCUT2D eigenvalue weighted by molar-refractivity contribution is 4.97. The van der Waals surface area contributed by atoms with Crippen molar-refractivity contribution >= 4 is 0 Å². The monoisotopic (exact) mass is 345 g/mol. The Bertz CT molecular complexity index is 683. The van der Waals surface area contributed by atoms with Crippen LogP contribution in [0.2, 0.25) is 0 Å². The van der Waals surface area contributed by atoms with E-state index in [0.29, 0.717) is 17.8 Å². The molecule has 1 aliphatic carbocycles. The van der Waals surface area contributed by atoms with Crippen molar-refractivity contribution < 1.29 is 9.63 Å². The van der Waals surface area contributed by atoms with Gasteiger partial charge >= 0.3 is 0 Å². The molecule has 2 aromatic rings. The maximum Gasteiger partial charge on any atom is 0.226 e. The van der Waals surface area contributed by atoms with Crippen molar-refractivity contribution in [1.29, 1.82) is 0 Å². The van der Waals surface area contributed by atoms with Gasteiger partial charge in [-0.05, 0) is 36.7 Å². The van der Waals surface area contributed by atoms with E-state index in [1.807, 2.05) is 16.9 Å². The molecule has 1 saturated carbocycles. The highest BCUT2D eigenvalue weighted by Gasteiger charge is 2.42. The summed E-state index contributed by atoms with van der Waals surface area (Å²) in [7, 11) is 0. The molecule has 2 fully saturated rings. The van der Waals surface area contributed by atoms with Gasteiger partial charge in [0.15, 0.2) is 5.82 Å². The lowest BCUT2D eigenvalue weighted by Crippen LogP contribution is -2.36.